The number of benzene rings is 1. The van der Waals surface area contributed by atoms with Gasteiger partial charge in [-0.15, -0.1) is 0 Å². The minimum Gasteiger partial charge on any atom is -0.396 e. The summed E-state index contributed by atoms with van der Waals surface area (Å²) >= 11 is 0. The number of hydrogen-bond acceptors (Lipinski definition) is 3. The molecular formula is C17H22N2O2. The molecule has 1 unspecified atom stereocenters. The lowest BCUT2D eigenvalue weighted by molar-refractivity contribution is -0.121. The molecule has 1 atom stereocenters. The lowest BCUT2D eigenvalue weighted by Crippen LogP contribution is -2.34. The first-order valence-corrected chi connectivity index (χ1v) is 7.28. The van der Waals surface area contributed by atoms with Crippen molar-refractivity contribution in [3.8, 4) is 0 Å². The van der Waals surface area contributed by atoms with Gasteiger partial charge in [-0.1, -0.05) is 18.2 Å². The van der Waals surface area contributed by atoms with Crippen molar-refractivity contribution in [1.29, 1.82) is 0 Å². The maximum Gasteiger partial charge on any atom is 0.224 e. The summed E-state index contributed by atoms with van der Waals surface area (Å²) in [7, 11) is 0. The van der Waals surface area contributed by atoms with E-state index in [0.29, 0.717) is 12.8 Å². The van der Waals surface area contributed by atoms with Crippen LogP contribution in [0.4, 0.5) is 0 Å². The van der Waals surface area contributed by atoms with Crippen LogP contribution in [0, 0.1) is 13.8 Å². The average molecular weight is 286 g/mol. The first-order chi connectivity index (χ1) is 10.0. The van der Waals surface area contributed by atoms with Crippen molar-refractivity contribution >= 4 is 16.8 Å². The van der Waals surface area contributed by atoms with Crippen LogP contribution in [0.3, 0.4) is 0 Å². The highest BCUT2D eigenvalue weighted by Gasteiger charge is 2.14. The number of aliphatic hydroxyl groups excluding tert-OH is 1. The van der Waals surface area contributed by atoms with E-state index in [1.165, 1.54) is 0 Å². The number of carbonyl (C=O) groups is 1. The minimum atomic E-state index is -0.0285. The smallest absolute Gasteiger partial charge is 0.224 e. The molecular weight excluding hydrogens is 264 g/mol. The second-order valence-electron chi connectivity index (χ2n) is 5.48. The molecule has 21 heavy (non-hydrogen) atoms. The maximum absolute atomic E-state index is 12.1. The predicted molar refractivity (Wildman–Crippen MR) is 84.2 cm³/mol. The van der Waals surface area contributed by atoms with Gasteiger partial charge in [-0.2, -0.15) is 0 Å². The van der Waals surface area contributed by atoms with Gasteiger partial charge in [0.15, 0.2) is 0 Å². The molecule has 1 aromatic carbocycles. The van der Waals surface area contributed by atoms with Crippen molar-refractivity contribution in [1.82, 2.24) is 10.3 Å². The number of amides is 1. The highest BCUT2D eigenvalue weighted by atomic mass is 16.3. The Kier molecular flexibility index (Phi) is 4.91. The lowest BCUT2D eigenvalue weighted by Gasteiger charge is -2.15. The summed E-state index contributed by atoms with van der Waals surface area (Å²) in [5, 5.41) is 12.9. The molecule has 4 heteroatoms. The summed E-state index contributed by atoms with van der Waals surface area (Å²) in [5.41, 5.74) is 3.96. The third-order valence-electron chi connectivity index (χ3n) is 3.79. The van der Waals surface area contributed by atoms with Gasteiger partial charge >= 0.3 is 0 Å². The normalized spacial score (nSPS) is 12.4. The highest BCUT2D eigenvalue weighted by molar-refractivity contribution is 5.86. The number of pyridine rings is 1. The van der Waals surface area contributed by atoms with Crippen LogP contribution in [0.25, 0.3) is 10.9 Å². The van der Waals surface area contributed by atoms with Crippen LogP contribution in [0.1, 0.15) is 30.2 Å². The molecule has 0 fully saturated rings. The van der Waals surface area contributed by atoms with E-state index >= 15 is 0 Å². The molecule has 0 saturated heterocycles. The number of nitrogens with zero attached hydrogens (tertiary/aromatic N) is 1. The first kappa shape index (κ1) is 15.4. The first-order valence-electron chi connectivity index (χ1n) is 7.28. The largest absolute Gasteiger partial charge is 0.396 e. The lowest BCUT2D eigenvalue weighted by atomic mass is 9.99. The van der Waals surface area contributed by atoms with Crippen LogP contribution in [0.2, 0.25) is 0 Å². The van der Waals surface area contributed by atoms with Gasteiger partial charge in [0.25, 0.3) is 0 Å². The van der Waals surface area contributed by atoms with E-state index in [1.807, 2.05) is 45.0 Å². The zero-order valence-electron chi connectivity index (χ0n) is 12.8. The molecule has 1 amide bonds. The SMILES string of the molecule is Cc1nc2ccccc2c(C)c1CC(=O)NC(C)CCO. The van der Waals surface area contributed by atoms with Gasteiger partial charge in [0, 0.05) is 23.7 Å². The Morgan fingerprint density at radius 1 is 1.33 bits per heavy atom. The summed E-state index contributed by atoms with van der Waals surface area (Å²) in [4.78, 5) is 16.7. The van der Waals surface area contributed by atoms with Crippen LogP contribution in [0.5, 0.6) is 0 Å². The third-order valence-corrected chi connectivity index (χ3v) is 3.79. The number of para-hydroxylation sites is 1. The minimum absolute atomic E-state index is 0.0171. The number of nitrogens with one attached hydrogen (secondary N) is 1. The van der Waals surface area contributed by atoms with Crippen molar-refractivity contribution in [2.24, 2.45) is 0 Å². The molecule has 4 nitrogen and oxygen atoms in total. The van der Waals surface area contributed by atoms with Gasteiger partial charge in [0.2, 0.25) is 5.91 Å². The van der Waals surface area contributed by atoms with Gasteiger partial charge in [0.1, 0.15) is 0 Å². The molecule has 0 bridgehead atoms. The van der Waals surface area contributed by atoms with Gasteiger partial charge in [-0.25, -0.2) is 0 Å². The van der Waals surface area contributed by atoms with Crippen molar-refractivity contribution in [3.63, 3.8) is 0 Å². The predicted octanol–water partition coefficient (Wildman–Crippen LogP) is 2.28. The number of rotatable bonds is 5. The Morgan fingerprint density at radius 2 is 2.05 bits per heavy atom. The topological polar surface area (TPSA) is 62.2 Å². The van der Waals surface area contributed by atoms with E-state index in [9.17, 15) is 4.79 Å². The van der Waals surface area contributed by atoms with E-state index in [-0.39, 0.29) is 18.6 Å². The molecule has 0 aliphatic heterocycles. The second-order valence-corrected chi connectivity index (χ2v) is 5.48. The molecule has 2 N–H and O–H groups in total. The molecule has 0 aliphatic carbocycles. The fourth-order valence-corrected chi connectivity index (χ4v) is 2.58. The number of aliphatic hydroxyl groups is 1. The molecule has 0 radical (unpaired) electrons. The quantitative estimate of drug-likeness (QED) is 0.886. The summed E-state index contributed by atoms with van der Waals surface area (Å²) in [6.07, 6.45) is 0.894. The Morgan fingerprint density at radius 3 is 2.76 bits per heavy atom. The fraction of sp³-hybridized carbons (Fsp3) is 0.412. The highest BCUT2D eigenvalue weighted by Crippen LogP contribution is 2.22. The van der Waals surface area contributed by atoms with E-state index in [4.69, 9.17) is 5.11 Å². The monoisotopic (exact) mass is 286 g/mol. The van der Waals surface area contributed by atoms with E-state index in [1.54, 1.807) is 0 Å². The number of carbonyl (C=O) groups excluding carboxylic acids is 1. The van der Waals surface area contributed by atoms with Crippen LogP contribution in [-0.2, 0) is 11.2 Å². The van der Waals surface area contributed by atoms with E-state index in [0.717, 1.165) is 27.7 Å². The van der Waals surface area contributed by atoms with Gasteiger partial charge < -0.3 is 10.4 Å². The number of aromatic nitrogens is 1. The van der Waals surface area contributed by atoms with Gasteiger partial charge in [-0.3, -0.25) is 9.78 Å². The molecule has 1 heterocycles. The zero-order valence-corrected chi connectivity index (χ0v) is 12.8. The number of fused-ring (bicyclic) bond motifs is 1. The van der Waals surface area contributed by atoms with Crippen molar-refractivity contribution in [2.45, 2.75) is 39.7 Å². The van der Waals surface area contributed by atoms with Gasteiger partial charge in [0.05, 0.1) is 11.9 Å². The Hall–Kier alpha value is -1.94. The summed E-state index contributed by atoms with van der Waals surface area (Å²) in [6.45, 7) is 5.96. The molecule has 0 aliphatic rings. The molecule has 2 rings (SSSR count). The summed E-state index contributed by atoms with van der Waals surface area (Å²) in [6, 6.07) is 7.96. The maximum atomic E-state index is 12.1. The van der Waals surface area contributed by atoms with Crippen LogP contribution >= 0.6 is 0 Å². The molecule has 1 aromatic heterocycles. The van der Waals surface area contributed by atoms with E-state index in [2.05, 4.69) is 10.3 Å². The standard InChI is InChI=1S/C17H22N2O2/c1-11(8-9-20)18-17(21)10-15-12(2)14-6-4-5-7-16(14)19-13(15)3/h4-7,11,20H,8-10H2,1-3H3,(H,18,21). The molecule has 112 valence electrons. The van der Waals surface area contributed by atoms with Crippen molar-refractivity contribution in [3.05, 3.63) is 41.1 Å². The summed E-state index contributed by atoms with van der Waals surface area (Å²) in [5.74, 6) is -0.0285. The van der Waals surface area contributed by atoms with Crippen LogP contribution in [-0.4, -0.2) is 28.6 Å². The molecule has 0 spiro atoms. The van der Waals surface area contributed by atoms with Crippen LogP contribution < -0.4 is 5.32 Å². The van der Waals surface area contributed by atoms with Crippen molar-refractivity contribution in [2.75, 3.05) is 6.61 Å². The van der Waals surface area contributed by atoms with Crippen molar-refractivity contribution < 1.29 is 9.90 Å². The summed E-state index contributed by atoms with van der Waals surface area (Å²) < 4.78 is 0. The van der Waals surface area contributed by atoms with E-state index < -0.39 is 0 Å². The second kappa shape index (κ2) is 6.68. The zero-order chi connectivity index (χ0) is 15.4. The number of hydrogen-bond donors (Lipinski definition) is 2. The Bertz CT molecular complexity index is 653. The van der Waals surface area contributed by atoms with Crippen LogP contribution in [0.15, 0.2) is 24.3 Å². The van der Waals surface area contributed by atoms with Gasteiger partial charge in [-0.05, 0) is 44.4 Å². The Labute approximate surface area is 125 Å². The molecule has 0 saturated carbocycles. The fourth-order valence-electron chi connectivity index (χ4n) is 2.58. The molecule has 2 aromatic rings. The number of aryl methyl sites for hydroxylation is 2. The Balaban J connectivity index is 2.24. The third kappa shape index (κ3) is 3.58. The average Bonchev–Trinajstić information content (AvgIpc) is 2.43.